The lowest BCUT2D eigenvalue weighted by Crippen LogP contribution is -2.61. The van der Waals surface area contributed by atoms with E-state index in [1.54, 1.807) is 42.5 Å². The molecule has 1 saturated heterocycles. The number of nitrogens with one attached hydrogen (secondary N) is 11. The molecule has 0 aliphatic carbocycles. The Balaban J connectivity index is 1.58. The highest BCUT2D eigenvalue weighted by Crippen LogP contribution is 2.21. The molecule has 3 aromatic carbocycles. The fourth-order valence-electron chi connectivity index (χ4n) is 10.9. The third-order valence-electron chi connectivity index (χ3n) is 16.3. The topological polar surface area (TPSA) is 649 Å². The molecule has 0 saturated carbocycles. The van der Waals surface area contributed by atoms with Crippen LogP contribution >= 0.6 is 0 Å². The maximum absolute atomic E-state index is 14.7. The summed E-state index contributed by atoms with van der Waals surface area (Å²) in [7, 11) is 0. The molecular formula is C67H102N24O14. The fraction of sp³-hybridized carbons (Fsp3) is 0.493. The molecule has 1 fully saturated rings. The zero-order valence-electron chi connectivity index (χ0n) is 58.8. The smallest absolute Gasteiger partial charge is 0.245 e. The van der Waals surface area contributed by atoms with Crippen LogP contribution in [-0.4, -0.2) is 211 Å². The van der Waals surface area contributed by atoms with Crippen molar-refractivity contribution in [3.8, 4) is 5.75 Å². The molecule has 13 amide bonds. The lowest BCUT2D eigenvalue weighted by Gasteiger charge is -2.31. The summed E-state index contributed by atoms with van der Waals surface area (Å²) in [6.45, 7) is -0.248. The van der Waals surface area contributed by atoms with Crippen molar-refractivity contribution in [2.45, 2.75) is 158 Å². The number of carbonyl (C=O) groups is 13. The molecule has 30 N–H and O–H groups in total. The number of aliphatic imine (C=N–C) groups is 3. The lowest BCUT2D eigenvalue weighted by atomic mass is 10.0. The van der Waals surface area contributed by atoms with E-state index in [-0.39, 0.29) is 114 Å². The Morgan fingerprint density at radius 1 is 0.476 bits per heavy atom. The van der Waals surface area contributed by atoms with Crippen LogP contribution in [0.15, 0.2) is 99.9 Å². The van der Waals surface area contributed by atoms with Gasteiger partial charge >= 0.3 is 0 Å². The minimum atomic E-state index is -1.85. The van der Waals surface area contributed by atoms with E-state index in [0.717, 1.165) is 12.5 Å². The maximum atomic E-state index is 14.7. The average molecular weight is 1470 g/mol. The number of primary amides is 2. The molecule has 4 rings (SSSR count). The normalized spacial score (nSPS) is 14.5. The van der Waals surface area contributed by atoms with E-state index < -0.39 is 157 Å². The Morgan fingerprint density at radius 2 is 0.943 bits per heavy atom. The first-order valence-electron chi connectivity index (χ1n) is 34.3. The Morgan fingerprint density at radius 3 is 1.48 bits per heavy atom. The van der Waals surface area contributed by atoms with Gasteiger partial charge in [0.2, 0.25) is 76.8 Å². The Hall–Kier alpha value is -11.7. The number of nitrogens with zero attached hydrogens (tertiary/aromatic N) is 4. The van der Waals surface area contributed by atoms with Gasteiger partial charge in [0.25, 0.3) is 0 Å². The fourth-order valence-corrected chi connectivity index (χ4v) is 10.9. The van der Waals surface area contributed by atoms with Gasteiger partial charge in [-0.25, -0.2) is 0 Å². The van der Waals surface area contributed by atoms with Crippen molar-refractivity contribution in [2.24, 2.45) is 66.6 Å². The van der Waals surface area contributed by atoms with E-state index in [0.29, 0.717) is 43.5 Å². The summed E-state index contributed by atoms with van der Waals surface area (Å²) in [6, 6.07) is 11.0. The number of phenols is 1. The van der Waals surface area contributed by atoms with Crippen molar-refractivity contribution in [1.82, 2.24) is 63.4 Å². The summed E-state index contributed by atoms with van der Waals surface area (Å²) in [5, 5.41) is 38.3. The van der Waals surface area contributed by atoms with Gasteiger partial charge in [-0.3, -0.25) is 77.3 Å². The van der Waals surface area contributed by atoms with Crippen LogP contribution in [-0.2, 0) is 81.7 Å². The summed E-state index contributed by atoms with van der Waals surface area (Å²) in [4.78, 5) is 192. The number of carbonyl (C=O) groups excluding carboxylic acids is 13. The van der Waals surface area contributed by atoms with Gasteiger partial charge in [0.05, 0.1) is 25.6 Å². The number of phenolic OH excluding ortho intramolecular Hbond substituents is 1. The predicted octanol–water partition coefficient (Wildman–Crippen LogP) is -7.26. The molecule has 1 aliphatic heterocycles. The zero-order chi connectivity index (χ0) is 77.4. The number of unbranched alkanes of at least 4 members (excludes halogenated alkanes) is 1. The van der Waals surface area contributed by atoms with E-state index in [9.17, 15) is 67.4 Å². The largest absolute Gasteiger partial charge is 0.508 e. The molecule has 38 heteroatoms. The van der Waals surface area contributed by atoms with Crippen molar-refractivity contribution in [1.29, 1.82) is 0 Å². The summed E-state index contributed by atoms with van der Waals surface area (Å²) in [5.74, 6) is -12.4. The highest BCUT2D eigenvalue weighted by atomic mass is 16.3. The Bertz CT molecular complexity index is 3480. The molecule has 0 spiro atoms. The van der Waals surface area contributed by atoms with Crippen LogP contribution in [0.25, 0.3) is 0 Å². The van der Waals surface area contributed by atoms with Crippen molar-refractivity contribution in [3.05, 3.63) is 102 Å². The Labute approximate surface area is 607 Å². The average Bonchev–Trinajstić information content (AvgIpc) is 1.73. The van der Waals surface area contributed by atoms with Gasteiger partial charge in [0, 0.05) is 52.6 Å². The van der Waals surface area contributed by atoms with Gasteiger partial charge < -0.3 is 120 Å². The van der Waals surface area contributed by atoms with Crippen LogP contribution in [0.2, 0.25) is 0 Å². The molecule has 0 radical (unpaired) electrons. The molecule has 574 valence electrons. The minimum Gasteiger partial charge on any atom is -0.508 e. The van der Waals surface area contributed by atoms with Crippen LogP contribution in [0, 0.1) is 0 Å². The molecule has 38 nitrogen and oxygen atoms in total. The number of aromatic hydroxyl groups is 1. The third kappa shape index (κ3) is 33.3. The summed E-state index contributed by atoms with van der Waals surface area (Å²) >= 11 is 0. The number of amides is 13. The zero-order valence-corrected chi connectivity index (χ0v) is 58.8. The number of guanidine groups is 3. The van der Waals surface area contributed by atoms with Crippen molar-refractivity contribution < 1.29 is 67.4 Å². The second-order valence-corrected chi connectivity index (χ2v) is 24.8. The minimum absolute atomic E-state index is 0.00828. The van der Waals surface area contributed by atoms with E-state index in [1.807, 2.05) is 30.3 Å². The molecular weight excluding hydrogens is 1360 g/mol. The van der Waals surface area contributed by atoms with Crippen LogP contribution in [0.4, 0.5) is 0 Å². The lowest BCUT2D eigenvalue weighted by molar-refractivity contribution is -0.142. The first kappa shape index (κ1) is 85.7. The second kappa shape index (κ2) is 46.0. The number of nitrogens with two attached hydrogens (primary N) is 9. The number of hydrogen-bond donors (Lipinski definition) is 21. The third-order valence-corrected chi connectivity index (χ3v) is 16.3. The monoisotopic (exact) mass is 1470 g/mol. The standard InChI is InChI=1S/C67H102N24O14/c1-39(92)80-36-51(62(103)88-47(21-12-30-79-67(75)76)64(105)91-31-13-22-52(91)63(104)85-44(56(70)97)18-8-9-27-68)90-59(100)46(20-11-29-78-66(73)74)86-58(99)45(19-10-28-77-65(71)72)87-61(102)50(34-53(69)94)89-60(101)49(33-40-14-4-2-5-15-40)84-55(96)38-82-54(95)37-83-57(98)48(32-41-23-25-43(93)26-24-41)81-35-42-16-6-3-7-17-42/h2-7,14-17,23-26,44-52,81,93H,8-13,18-22,27-38,68H2,1H3,(H2,69,94)(H2,70,97)(H,80,92)(H,82,95)(H,83,98)(H,84,96)(H,85,104)(H,86,99)(H,87,102)(H,88,103)(H,89,101)(H,90,100)(H4,71,72,77)(H4,73,74,78)(H4,75,76,79)/t44-,45-,46-,47-,48-,49-,50+,51-,52-/m0/s1. The molecule has 3 aromatic rings. The molecule has 9 atom stereocenters. The number of rotatable bonds is 47. The quantitative estimate of drug-likeness (QED) is 0.0142. The summed E-state index contributed by atoms with van der Waals surface area (Å²) < 4.78 is 0. The maximum Gasteiger partial charge on any atom is 0.245 e. The van der Waals surface area contributed by atoms with Gasteiger partial charge in [-0.05, 0) is 112 Å². The number of likely N-dealkylation sites (tertiary alicyclic amines) is 1. The van der Waals surface area contributed by atoms with Gasteiger partial charge in [-0.2, -0.15) is 0 Å². The van der Waals surface area contributed by atoms with E-state index in [1.165, 1.54) is 17.0 Å². The number of benzene rings is 3. The molecule has 0 unspecified atom stereocenters. The second-order valence-electron chi connectivity index (χ2n) is 24.8. The molecule has 0 bridgehead atoms. The number of hydrogen-bond acceptors (Lipinski definition) is 19. The predicted molar refractivity (Wildman–Crippen MR) is 388 cm³/mol. The van der Waals surface area contributed by atoms with E-state index in [2.05, 4.69) is 73.5 Å². The van der Waals surface area contributed by atoms with Crippen molar-refractivity contribution in [3.63, 3.8) is 0 Å². The van der Waals surface area contributed by atoms with Crippen LogP contribution < -0.4 is 110 Å². The first-order valence-corrected chi connectivity index (χ1v) is 34.3. The van der Waals surface area contributed by atoms with E-state index >= 15 is 0 Å². The molecule has 1 heterocycles. The van der Waals surface area contributed by atoms with Gasteiger partial charge in [-0.1, -0.05) is 72.8 Å². The van der Waals surface area contributed by atoms with Crippen LogP contribution in [0.3, 0.4) is 0 Å². The van der Waals surface area contributed by atoms with Gasteiger partial charge in [0.1, 0.15) is 54.1 Å². The highest BCUT2D eigenvalue weighted by molar-refractivity contribution is 6.00. The highest BCUT2D eigenvalue weighted by Gasteiger charge is 2.40. The molecule has 1 aliphatic rings. The molecule has 105 heavy (non-hydrogen) atoms. The van der Waals surface area contributed by atoms with E-state index in [4.69, 9.17) is 51.6 Å². The van der Waals surface area contributed by atoms with Gasteiger partial charge in [-0.15, -0.1) is 0 Å². The van der Waals surface area contributed by atoms with Crippen LogP contribution in [0.5, 0.6) is 5.75 Å². The summed E-state index contributed by atoms with van der Waals surface area (Å²) in [5.41, 5.74) is 52.4. The van der Waals surface area contributed by atoms with Crippen molar-refractivity contribution in [2.75, 3.05) is 52.4 Å². The van der Waals surface area contributed by atoms with Crippen molar-refractivity contribution >= 4 is 94.7 Å². The van der Waals surface area contributed by atoms with Gasteiger partial charge in [0.15, 0.2) is 17.9 Å². The first-order chi connectivity index (χ1) is 50.0. The van der Waals surface area contributed by atoms with Crippen LogP contribution in [0.1, 0.15) is 101 Å². The summed E-state index contributed by atoms with van der Waals surface area (Å²) in [6.07, 6.45) is 0.227. The SMILES string of the molecule is CC(=O)NC[C@H](NC(=O)[C@H](CCCN=C(N)N)NC(=O)[C@H](CCCN=C(N)N)NC(=O)[C@@H](CC(N)=O)NC(=O)[C@H](Cc1ccccc1)NC(=O)CNC(=O)CNC(=O)[C@H](Cc1ccc(O)cc1)NCc1ccccc1)C(=O)N[C@@H](CCCN=C(N)N)C(=O)N1CCC[C@H]1C(=O)N[C@@H](CCCCN)C(N)=O. The molecule has 0 aromatic heterocycles. The Kier molecular flexibility index (Phi) is 37.6.